The molecule has 7 nitrogen and oxygen atoms in total. The molecular weight excluding hydrogens is 424 g/mol. The largest absolute Gasteiger partial charge is 0.220 e. The Balaban J connectivity index is 1.81. The van der Waals surface area contributed by atoms with Crippen LogP contribution in [0, 0.1) is 13.8 Å². The van der Waals surface area contributed by atoms with Crippen molar-refractivity contribution in [3.8, 4) is 0 Å². The van der Waals surface area contributed by atoms with E-state index >= 15 is 0 Å². The van der Waals surface area contributed by atoms with E-state index in [2.05, 4.69) is 25.5 Å². The van der Waals surface area contributed by atoms with Crippen LogP contribution in [0.5, 0.6) is 0 Å². The Morgan fingerprint density at radius 1 is 0.719 bits per heavy atom. The highest BCUT2D eigenvalue weighted by Crippen LogP contribution is 2.42. The Morgan fingerprint density at radius 2 is 1.34 bits per heavy atom. The summed E-state index contributed by atoms with van der Waals surface area (Å²) in [7, 11) is 0. The van der Waals surface area contributed by atoms with E-state index < -0.39 is 0 Å². The minimum Gasteiger partial charge on any atom is -0.220 e. The van der Waals surface area contributed by atoms with Gasteiger partial charge < -0.3 is 0 Å². The van der Waals surface area contributed by atoms with Gasteiger partial charge in [0.2, 0.25) is 0 Å². The summed E-state index contributed by atoms with van der Waals surface area (Å²) in [6.45, 7) is 3.98. The van der Waals surface area contributed by atoms with Crippen LogP contribution < -0.4 is 0 Å². The van der Waals surface area contributed by atoms with E-state index in [1.54, 1.807) is 0 Å². The molecule has 0 aliphatic carbocycles. The fraction of sp³-hybridized carbons (Fsp3) is 0.0833. The summed E-state index contributed by atoms with van der Waals surface area (Å²) < 4.78 is 4.69. The van der Waals surface area contributed by atoms with Crippen LogP contribution in [-0.2, 0) is 9.37 Å². The van der Waals surface area contributed by atoms with E-state index in [1.165, 1.54) is 0 Å². The Hall–Kier alpha value is -3.43. The van der Waals surface area contributed by atoms with E-state index in [0.717, 1.165) is 51.0 Å². The zero-order chi connectivity index (χ0) is 22.3. The molecule has 0 aliphatic heterocycles. The van der Waals surface area contributed by atoms with Gasteiger partial charge in [0.1, 0.15) is 5.69 Å². The zero-order valence-corrected chi connectivity index (χ0v) is 18.3. The molecule has 0 unspecified atom stereocenters. The topological polar surface area (TPSA) is 88.1 Å². The van der Waals surface area contributed by atoms with Crippen LogP contribution in [0.3, 0.4) is 0 Å². The molecule has 4 rings (SSSR count). The highest BCUT2D eigenvalue weighted by atomic mass is 32.2. The van der Waals surface area contributed by atoms with Crippen LogP contribution in [0.1, 0.15) is 11.1 Å². The molecule has 0 atom stereocenters. The number of hydrogen-bond donors (Lipinski definition) is 1. The summed E-state index contributed by atoms with van der Waals surface area (Å²) in [4.78, 5) is 0.654. The maximum Gasteiger partial charge on any atom is 0.105 e. The number of nitrogens with zero attached hydrogens (tertiary/aromatic N) is 4. The second kappa shape index (κ2) is 10.3. The SMILES string of the molecule is Cc1c(N=Nc2ccccc2)ccc2cc(SOOO)c(N=Nc3ccccc3)c(C)c12. The normalized spacial score (nSPS) is 11.7. The van der Waals surface area contributed by atoms with Gasteiger partial charge in [-0.3, -0.25) is 0 Å². The second-order valence-corrected chi connectivity index (χ2v) is 7.70. The first-order chi connectivity index (χ1) is 15.7. The standard InChI is InChI=1S/C24H20N4O3S/c1-16-21(27-25-19-9-5-3-6-10-19)14-13-18-15-22(32-31-30-29)24(17(2)23(16)18)28-26-20-11-7-4-8-12-20/h3-15,29H,1-2H3. The maximum atomic E-state index is 8.62. The van der Waals surface area contributed by atoms with Gasteiger partial charge in [0.25, 0.3) is 0 Å². The first-order valence-electron chi connectivity index (χ1n) is 9.82. The molecule has 0 bridgehead atoms. The summed E-state index contributed by atoms with van der Waals surface area (Å²) in [5.74, 6) is 0. The van der Waals surface area contributed by atoms with Gasteiger partial charge >= 0.3 is 0 Å². The van der Waals surface area contributed by atoms with Crippen LogP contribution in [-0.4, -0.2) is 5.26 Å². The minimum absolute atomic E-state index is 0.614. The summed E-state index contributed by atoms with van der Waals surface area (Å²) in [5, 5.41) is 32.0. The van der Waals surface area contributed by atoms with Crippen molar-refractivity contribution in [3.05, 3.63) is 90.0 Å². The smallest absolute Gasteiger partial charge is 0.105 e. The number of aryl methyl sites for hydroxylation is 2. The first-order valence-corrected chi connectivity index (χ1v) is 10.6. The third-order valence-electron chi connectivity index (χ3n) is 4.92. The van der Waals surface area contributed by atoms with Crippen molar-refractivity contribution in [2.75, 3.05) is 0 Å². The van der Waals surface area contributed by atoms with Gasteiger partial charge in [-0.1, -0.05) is 47.5 Å². The predicted molar refractivity (Wildman–Crippen MR) is 125 cm³/mol. The molecule has 4 aromatic carbocycles. The van der Waals surface area contributed by atoms with Gasteiger partial charge in [-0.2, -0.15) is 15.3 Å². The molecule has 8 heteroatoms. The highest BCUT2D eigenvalue weighted by Gasteiger charge is 2.15. The van der Waals surface area contributed by atoms with Crippen LogP contribution >= 0.6 is 12.0 Å². The van der Waals surface area contributed by atoms with Crippen molar-refractivity contribution in [1.82, 2.24) is 0 Å². The molecule has 1 N–H and O–H groups in total. The average molecular weight is 445 g/mol. The highest BCUT2D eigenvalue weighted by molar-refractivity contribution is 7.94. The van der Waals surface area contributed by atoms with Gasteiger partial charge in [-0.05, 0) is 72.1 Å². The molecule has 0 heterocycles. The van der Waals surface area contributed by atoms with E-state index in [1.807, 2.05) is 92.7 Å². The third-order valence-corrected chi connectivity index (χ3v) is 5.54. The van der Waals surface area contributed by atoms with Gasteiger partial charge in [0, 0.05) is 0 Å². The molecule has 32 heavy (non-hydrogen) atoms. The molecule has 0 spiro atoms. The molecule has 0 saturated heterocycles. The van der Waals surface area contributed by atoms with E-state index in [4.69, 9.17) is 9.59 Å². The molecule has 0 aliphatic rings. The van der Waals surface area contributed by atoms with E-state index in [9.17, 15) is 0 Å². The first kappa shape index (κ1) is 21.8. The van der Waals surface area contributed by atoms with Crippen LogP contribution in [0.15, 0.2) is 104 Å². The monoisotopic (exact) mass is 444 g/mol. The number of rotatable bonds is 7. The van der Waals surface area contributed by atoms with Crippen molar-refractivity contribution < 1.29 is 14.6 Å². The molecule has 0 fully saturated rings. The molecule has 0 aromatic heterocycles. The van der Waals surface area contributed by atoms with Crippen molar-refractivity contribution in [1.29, 1.82) is 0 Å². The lowest BCUT2D eigenvalue weighted by Crippen LogP contribution is -1.89. The quantitative estimate of drug-likeness (QED) is 0.134. The van der Waals surface area contributed by atoms with Gasteiger partial charge in [0.05, 0.1) is 34.0 Å². The Kier molecular flexibility index (Phi) is 6.98. The summed E-state index contributed by atoms with van der Waals surface area (Å²) in [5.41, 5.74) is 4.78. The van der Waals surface area contributed by atoms with Crippen molar-refractivity contribution in [2.24, 2.45) is 20.5 Å². The molecule has 160 valence electrons. The molecule has 0 radical (unpaired) electrons. The zero-order valence-electron chi connectivity index (χ0n) is 17.5. The van der Waals surface area contributed by atoms with Crippen LogP contribution in [0.4, 0.5) is 22.7 Å². The van der Waals surface area contributed by atoms with E-state index in [-0.39, 0.29) is 0 Å². The number of fused-ring (bicyclic) bond motifs is 1. The second-order valence-electron chi connectivity index (χ2n) is 6.95. The average Bonchev–Trinajstić information content (AvgIpc) is 2.83. The summed E-state index contributed by atoms with van der Waals surface area (Å²) in [6, 6.07) is 24.8. The predicted octanol–water partition coefficient (Wildman–Crippen LogP) is 8.72. The van der Waals surface area contributed by atoms with Gasteiger partial charge in [-0.25, -0.2) is 5.26 Å². The van der Waals surface area contributed by atoms with Gasteiger partial charge in [-0.15, -0.1) is 9.45 Å². The number of azo groups is 2. The summed E-state index contributed by atoms with van der Waals surface area (Å²) >= 11 is 0.861. The number of benzene rings is 4. The van der Waals surface area contributed by atoms with Crippen molar-refractivity contribution in [3.63, 3.8) is 0 Å². The Bertz CT molecular complexity index is 1280. The lowest BCUT2D eigenvalue weighted by atomic mass is 9.98. The third kappa shape index (κ3) is 4.90. The molecule has 0 saturated carbocycles. The number of hydrogen-bond acceptors (Lipinski definition) is 8. The van der Waals surface area contributed by atoms with E-state index in [0.29, 0.717) is 10.6 Å². The molecular formula is C24H20N4O3S. The van der Waals surface area contributed by atoms with Crippen LogP contribution in [0.25, 0.3) is 10.8 Å². The van der Waals surface area contributed by atoms with Gasteiger partial charge in [0.15, 0.2) is 0 Å². The lowest BCUT2D eigenvalue weighted by Gasteiger charge is -2.13. The maximum absolute atomic E-state index is 8.62. The Labute approximate surface area is 189 Å². The fourth-order valence-electron chi connectivity index (χ4n) is 3.41. The fourth-order valence-corrected chi connectivity index (χ4v) is 3.96. The van der Waals surface area contributed by atoms with Crippen molar-refractivity contribution in [2.45, 2.75) is 18.7 Å². The lowest BCUT2D eigenvalue weighted by molar-refractivity contribution is -0.432. The van der Waals surface area contributed by atoms with Crippen molar-refractivity contribution >= 4 is 45.6 Å². The summed E-state index contributed by atoms with van der Waals surface area (Å²) in [6.07, 6.45) is 0. The minimum atomic E-state index is 0.614. The Morgan fingerprint density at radius 3 is 1.97 bits per heavy atom. The van der Waals surface area contributed by atoms with Crippen LogP contribution in [0.2, 0.25) is 0 Å². The molecule has 4 aromatic rings. The molecule has 0 amide bonds.